The molecule has 0 saturated heterocycles. The lowest BCUT2D eigenvalue weighted by Crippen LogP contribution is -2.22. The Balaban J connectivity index is 0.00000180. The molecule has 0 aliphatic carbocycles. The zero-order valence-electron chi connectivity index (χ0n) is 10.2. The van der Waals surface area contributed by atoms with Crippen LogP contribution in [0.5, 0.6) is 0 Å². The van der Waals surface area contributed by atoms with Crippen LogP contribution in [0.1, 0.15) is 5.56 Å². The van der Waals surface area contributed by atoms with Gasteiger partial charge in [0.15, 0.2) is 5.96 Å². The Labute approximate surface area is 128 Å². The maximum atomic E-state index is 12.7. The topological polar surface area (TPSA) is 50.4 Å². The number of guanidine groups is 1. The van der Waals surface area contributed by atoms with Gasteiger partial charge in [-0.05, 0) is 29.8 Å². The van der Waals surface area contributed by atoms with E-state index in [4.69, 9.17) is 5.73 Å². The lowest BCUT2D eigenvalue weighted by Gasteiger charge is -2.05. The first-order chi connectivity index (χ1) is 8.74. The molecule has 0 saturated carbocycles. The molecule has 3 nitrogen and oxygen atoms in total. The predicted molar refractivity (Wildman–Crippen MR) is 87.2 cm³/mol. The van der Waals surface area contributed by atoms with Gasteiger partial charge in [-0.15, -0.1) is 24.0 Å². The minimum absolute atomic E-state index is 0. The van der Waals surface area contributed by atoms with Gasteiger partial charge in [0.25, 0.3) is 0 Å². The highest BCUT2D eigenvalue weighted by molar-refractivity contribution is 14.0. The number of hydrogen-bond acceptors (Lipinski definition) is 1. The van der Waals surface area contributed by atoms with Gasteiger partial charge in [-0.2, -0.15) is 0 Å². The Bertz CT molecular complexity index is 526. The molecule has 0 fully saturated rings. The molecule has 2 aromatic rings. The maximum absolute atomic E-state index is 12.7. The molecule has 5 heteroatoms. The Morgan fingerprint density at radius 3 is 2.32 bits per heavy atom. The van der Waals surface area contributed by atoms with Gasteiger partial charge in [0, 0.05) is 5.69 Å². The number of nitrogens with two attached hydrogens (primary N) is 1. The average Bonchev–Trinajstić information content (AvgIpc) is 2.39. The third-order valence-corrected chi connectivity index (χ3v) is 2.39. The first-order valence-electron chi connectivity index (χ1n) is 5.60. The van der Waals surface area contributed by atoms with Crippen LogP contribution in [-0.2, 0) is 6.54 Å². The van der Waals surface area contributed by atoms with E-state index < -0.39 is 0 Å². The number of nitrogens with one attached hydrogen (secondary N) is 1. The van der Waals surface area contributed by atoms with Crippen molar-refractivity contribution in [3.8, 4) is 0 Å². The van der Waals surface area contributed by atoms with E-state index in [0.29, 0.717) is 12.5 Å². The summed E-state index contributed by atoms with van der Waals surface area (Å²) in [4.78, 5) is 4.18. The fourth-order valence-electron chi connectivity index (χ4n) is 1.48. The summed E-state index contributed by atoms with van der Waals surface area (Å²) < 4.78 is 12.7. The monoisotopic (exact) mass is 371 g/mol. The quantitative estimate of drug-likeness (QED) is 0.494. The summed E-state index contributed by atoms with van der Waals surface area (Å²) in [6.07, 6.45) is 0. The van der Waals surface area contributed by atoms with Crippen LogP contribution in [0, 0.1) is 5.82 Å². The molecule has 2 aromatic carbocycles. The van der Waals surface area contributed by atoms with Gasteiger partial charge in [0.05, 0.1) is 6.54 Å². The number of aliphatic imine (C=N–C) groups is 1. The van der Waals surface area contributed by atoms with Crippen molar-refractivity contribution >= 4 is 35.6 Å². The third-order valence-electron chi connectivity index (χ3n) is 2.39. The third kappa shape index (κ3) is 5.25. The van der Waals surface area contributed by atoms with Crippen molar-refractivity contribution in [2.75, 3.05) is 5.32 Å². The maximum Gasteiger partial charge on any atom is 0.193 e. The number of benzene rings is 2. The Morgan fingerprint density at radius 1 is 1.05 bits per heavy atom. The van der Waals surface area contributed by atoms with Gasteiger partial charge in [-0.1, -0.05) is 30.3 Å². The van der Waals surface area contributed by atoms with Crippen molar-refractivity contribution in [1.82, 2.24) is 0 Å². The number of para-hydroxylation sites is 1. The highest BCUT2D eigenvalue weighted by Crippen LogP contribution is 2.06. The normalized spacial score (nSPS) is 10.7. The lowest BCUT2D eigenvalue weighted by molar-refractivity contribution is 0.627. The summed E-state index contributed by atoms with van der Waals surface area (Å²) in [5, 5.41) is 2.98. The SMILES string of the molecule is I.NC(=NCc1ccc(F)cc1)Nc1ccccc1. The molecular formula is C14H15FIN3. The molecule has 0 spiro atoms. The van der Waals surface area contributed by atoms with Gasteiger partial charge in [-0.3, -0.25) is 0 Å². The standard InChI is InChI=1S/C14H14FN3.HI/c15-12-8-6-11(7-9-12)10-17-14(16)18-13-4-2-1-3-5-13;/h1-9H,10H2,(H3,16,17,18);1H. The second-order valence-electron chi connectivity index (χ2n) is 3.82. The van der Waals surface area contributed by atoms with E-state index in [9.17, 15) is 4.39 Å². The molecule has 0 amide bonds. The van der Waals surface area contributed by atoms with Gasteiger partial charge in [0.2, 0.25) is 0 Å². The van der Waals surface area contributed by atoms with Gasteiger partial charge < -0.3 is 11.1 Å². The molecule has 3 N–H and O–H groups in total. The lowest BCUT2D eigenvalue weighted by atomic mass is 10.2. The zero-order chi connectivity index (χ0) is 12.8. The largest absolute Gasteiger partial charge is 0.370 e. The highest BCUT2D eigenvalue weighted by atomic mass is 127. The fraction of sp³-hybridized carbons (Fsp3) is 0.0714. The first-order valence-corrected chi connectivity index (χ1v) is 5.60. The van der Waals surface area contributed by atoms with E-state index in [1.54, 1.807) is 12.1 Å². The van der Waals surface area contributed by atoms with Crippen LogP contribution in [0.4, 0.5) is 10.1 Å². The van der Waals surface area contributed by atoms with Crippen LogP contribution in [-0.4, -0.2) is 5.96 Å². The van der Waals surface area contributed by atoms with Gasteiger partial charge >= 0.3 is 0 Å². The molecule has 0 atom stereocenters. The first kappa shape index (κ1) is 15.4. The van der Waals surface area contributed by atoms with Crippen LogP contribution in [0.15, 0.2) is 59.6 Å². The van der Waals surface area contributed by atoms with E-state index in [2.05, 4.69) is 10.3 Å². The number of halogens is 2. The fourth-order valence-corrected chi connectivity index (χ4v) is 1.48. The molecule has 0 aromatic heterocycles. The minimum atomic E-state index is -0.252. The predicted octanol–water partition coefficient (Wildman–Crippen LogP) is 3.37. The Hall–Kier alpha value is -1.63. The van der Waals surface area contributed by atoms with Crippen LogP contribution >= 0.6 is 24.0 Å². The Morgan fingerprint density at radius 2 is 1.68 bits per heavy atom. The molecule has 0 bridgehead atoms. The van der Waals surface area contributed by atoms with Crippen molar-refractivity contribution in [2.24, 2.45) is 10.7 Å². The van der Waals surface area contributed by atoms with Crippen LogP contribution in [0.3, 0.4) is 0 Å². The van der Waals surface area contributed by atoms with E-state index >= 15 is 0 Å². The summed E-state index contributed by atoms with van der Waals surface area (Å²) in [6, 6.07) is 15.8. The molecule has 0 unspecified atom stereocenters. The van der Waals surface area contributed by atoms with Gasteiger partial charge in [0.1, 0.15) is 5.82 Å². The zero-order valence-corrected chi connectivity index (χ0v) is 12.5. The minimum Gasteiger partial charge on any atom is -0.370 e. The van der Waals surface area contributed by atoms with E-state index in [1.807, 2.05) is 30.3 Å². The summed E-state index contributed by atoms with van der Waals surface area (Å²) in [5.74, 6) is 0.0867. The molecule has 100 valence electrons. The summed E-state index contributed by atoms with van der Waals surface area (Å²) in [7, 11) is 0. The van der Waals surface area contributed by atoms with Crippen LogP contribution < -0.4 is 11.1 Å². The van der Waals surface area contributed by atoms with Crippen molar-refractivity contribution in [3.63, 3.8) is 0 Å². The number of anilines is 1. The molecular weight excluding hydrogens is 356 g/mol. The number of rotatable bonds is 3. The van der Waals surface area contributed by atoms with Crippen LogP contribution in [0.2, 0.25) is 0 Å². The molecule has 19 heavy (non-hydrogen) atoms. The number of nitrogens with zero attached hydrogens (tertiary/aromatic N) is 1. The van der Waals surface area contributed by atoms with Crippen molar-refractivity contribution < 1.29 is 4.39 Å². The summed E-state index contributed by atoms with van der Waals surface area (Å²) in [5.41, 5.74) is 7.55. The van der Waals surface area contributed by atoms with Gasteiger partial charge in [-0.25, -0.2) is 9.38 Å². The molecule has 0 heterocycles. The highest BCUT2D eigenvalue weighted by Gasteiger charge is 1.95. The summed E-state index contributed by atoms with van der Waals surface area (Å²) >= 11 is 0. The number of hydrogen-bond donors (Lipinski definition) is 2. The van der Waals surface area contributed by atoms with Crippen molar-refractivity contribution in [1.29, 1.82) is 0 Å². The van der Waals surface area contributed by atoms with E-state index in [1.165, 1.54) is 12.1 Å². The smallest absolute Gasteiger partial charge is 0.193 e. The van der Waals surface area contributed by atoms with E-state index in [0.717, 1.165) is 11.3 Å². The second kappa shape index (κ2) is 7.73. The Kier molecular flexibility index (Phi) is 6.27. The van der Waals surface area contributed by atoms with Crippen molar-refractivity contribution in [2.45, 2.75) is 6.54 Å². The van der Waals surface area contributed by atoms with Crippen LogP contribution in [0.25, 0.3) is 0 Å². The molecule has 0 aliphatic heterocycles. The van der Waals surface area contributed by atoms with Crippen molar-refractivity contribution in [3.05, 3.63) is 66.0 Å². The van der Waals surface area contributed by atoms with E-state index in [-0.39, 0.29) is 29.8 Å². The molecule has 2 rings (SSSR count). The summed E-state index contributed by atoms with van der Waals surface area (Å²) in [6.45, 7) is 0.423. The second-order valence-corrected chi connectivity index (χ2v) is 3.82. The average molecular weight is 371 g/mol. The molecule has 0 aliphatic rings. The molecule has 0 radical (unpaired) electrons.